The van der Waals surface area contributed by atoms with Crippen molar-refractivity contribution in [1.82, 2.24) is 15.2 Å². The number of nitrogens with zero attached hydrogens (tertiary/aromatic N) is 2. The van der Waals surface area contributed by atoms with Gasteiger partial charge in [0.05, 0.1) is 17.3 Å². The third-order valence-corrected chi connectivity index (χ3v) is 4.41. The number of hydrogen-bond acceptors (Lipinski definition) is 5. The Bertz CT molecular complexity index is 830. The van der Waals surface area contributed by atoms with Gasteiger partial charge >= 0.3 is 0 Å². The van der Waals surface area contributed by atoms with E-state index in [4.69, 9.17) is 5.73 Å². The average Bonchev–Trinajstić information content (AvgIpc) is 3.18. The minimum Gasteiger partial charge on any atom is -0.393 e. The molecule has 2 aromatic heterocycles. The Balaban J connectivity index is 1.73. The lowest BCUT2D eigenvalue weighted by molar-refractivity contribution is 0.182. The second-order valence-electron chi connectivity index (χ2n) is 6.11. The van der Waals surface area contributed by atoms with E-state index in [9.17, 15) is 5.11 Å². The third kappa shape index (κ3) is 2.73. The summed E-state index contributed by atoms with van der Waals surface area (Å²) in [6.07, 6.45) is 4.11. The summed E-state index contributed by atoms with van der Waals surface area (Å²) in [6, 6.07) is 10.2. The molecule has 1 fully saturated rings. The maximum atomic E-state index is 9.70. The monoisotopic (exact) mass is 309 g/mol. The first-order chi connectivity index (χ1) is 11.2. The summed E-state index contributed by atoms with van der Waals surface area (Å²) < 4.78 is 0. The minimum absolute atomic E-state index is 0.204. The molecule has 6 heteroatoms. The molecule has 6 nitrogen and oxygen atoms in total. The first-order valence-corrected chi connectivity index (χ1v) is 7.83. The van der Waals surface area contributed by atoms with Gasteiger partial charge in [-0.25, -0.2) is 4.98 Å². The van der Waals surface area contributed by atoms with Crippen LogP contribution in [0, 0.1) is 0 Å². The molecule has 0 saturated heterocycles. The highest BCUT2D eigenvalue weighted by Crippen LogP contribution is 2.31. The highest BCUT2D eigenvalue weighted by Gasteiger charge is 2.23. The molecule has 0 unspecified atom stereocenters. The molecule has 2 heterocycles. The minimum atomic E-state index is -0.204. The van der Waals surface area contributed by atoms with E-state index in [1.165, 1.54) is 0 Å². The quantitative estimate of drug-likeness (QED) is 0.596. The third-order valence-electron chi connectivity index (χ3n) is 4.41. The summed E-state index contributed by atoms with van der Waals surface area (Å²) in [5.41, 5.74) is 9.77. The van der Waals surface area contributed by atoms with Gasteiger partial charge in [0.1, 0.15) is 5.82 Å². The Kier molecular flexibility index (Phi) is 3.38. The molecule has 2 atom stereocenters. The standard InChI is InChI=1S/C17H19N5O/c18-17-9-16(20-11-2-3-12(23)8-11)13-4-1-10(7-15(13)21-17)14-5-6-19-22-14/h1,4-7,9,11-12,23H,2-3,8H2,(H,19,22)(H3,18,20,21)/t11-,12+/m1/s1. The summed E-state index contributed by atoms with van der Waals surface area (Å²) in [5, 5.41) is 21.2. The first kappa shape index (κ1) is 14.0. The lowest BCUT2D eigenvalue weighted by Crippen LogP contribution is -2.17. The van der Waals surface area contributed by atoms with Gasteiger partial charge in [-0.15, -0.1) is 0 Å². The maximum Gasteiger partial charge on any atom is 0.126 e. The van der Waals surface area contributed by atoms with Crippen LogP contribution in [0.3, 0.4) is 0 Å². The van der Waals surface area contributed by atoms with Crippen molar-refractivity contribution in [2.24, 2.45) is 0 Å². The molecule has 1 aliphatic carbocycles. The van der Waals surface area contributed by atoms with Gasteiger partial charge in [0.15, 0.2) is 0 Å². The van der Waals surface area contributed by atoms with E-state index in [0.29, 0.717) is 5.82 Å². The fraction of sp³-hybridized carbons (Fsp3) is 0.294. The van der Waals surface area contributed by atoms with Crippen molar-refractivity contribution in [3.63, 3.8) is 0 Å². The molecule has 4 rings (SSSR count). The number of benzene rings is 1. The van der Waals surface area contributed by atoms with E-state index in [2.05, 4.69) is 20.5 Å². The number of aromatic amines is 1. The van der Waals surface area contributed by atoms with Crippen molar-refractivity contribution >= 4 is 22.4 Å². The fourth-order valence-corrected chi connectivity index (χ4v) is 3.26. The van der Waals surface area contributed by atoms with E-state index in [0.717, 1.165) is 47.1 Å². The lowest BCUT2D eigenvalue weighted by Gasteiger charge is -2.16. The van der Waals surface area contributed by atoms with E-state index in [1.54, 1.807) is 6.20 Å². The number of nitrogens with two attached hydrogens (primary N) is 1. The van der Waals surface area contributed by atoms with Crippen LogP contribution in [0.5, 0.6) is 0 Å². The number of H-pyrrole nitrogens is 1. The molecule has 0 amide bonds. The topological polar surface area (TPSA) is 99.9 Å². The van der Waals surface area contributed by atoms with Crippen molar-refractivity contribution in [3.8, 4) is 11.3 Å². The zero-order valence-electron chi connectivity index (χ0n) is 12.7. The molecule has 118 valence electrons. The highest BCUT2D eigenvalue weighted by atomic mass is 16.3. The summed E-state index contributed by atoms with van der Waals surface area (Å²) in [6.45, 7) is 0. The van der Waals surface area contributed by atoms with Gasteiger partial charge in [0, 0.05) is 34.9 Å². The van der Waals surface area contributed by atoms with Crippen LogP contribution in [0.15, 0.2) is 36.5 Å². The van der Waals surface area contributed by atoms with Gasteiger partial charge in [-0.3, -0.25) is 5.10 Å². The second kappa shape index (κ2) is 5.55. The zero-order valence-corrected chi connectivity index (χ0v) is 12.7. The molecule has 23 heavy (non-hydrogen) atoms. The summed E-state index contributed by atoms with van der Waals surface area (Å²) >= 11 is 0. The number of pyridine rings is 1. The number of aliphatic hydroxyl groups is 1. The van der Waals surface area contributed by atoms with E-state index in [1.807, 2.05) is 30.3 Å². The SMILES string of the molecule is Nc1cc(N[C@@H]2CC[C@H](O)C2)c2ccc(-c3ccn[nH]3)cc2n1. The van der Waals surface area contributed by atoms with E-state index < -0.39 is 0 Å². The summed E-state index contributed by atoms with van der Waals surface area (Å²) in [5.74, 6) is 0.486. The molecule has 1 saturated carbocycles. The van der Waals surface area contributed by atoms with Crippen molar-refractivity contribution in [1.29, 1.82) is 0 Å². The molecule has 1 aromatic carbocycles. The second-order valence-corrected chi connectivity index (χ2v) is 6.11. The average molecular weight is 309 g/mol. The number of nitrogen functional groups attached to an aromatic ring is 1. The molecule has 0 spiro atoms. The number of hydrogen-bond donors (Lipinski definition) is 4. The van der Waals surface area contributed by atoms with Crippen molar-refractivity contribution in [2.75, 3.05) is 11.1 Å². The molecular weight excluding hydrogens is 290 g/mol. The number of aliphatic hydroxyl groups excluding tert-OH is 1. The zero-order chi connectivity index (χ0) is 15.8. The van der Waals surface area contributed by atoms with Gasteiger partial charge in [-0.1, -0.05) is 12.1 Å². The normalized spacial score (nSPS) is 20.9. The van der Waals surface area contributed by atoms with Crippen LogP contribution < -0.4 is 11.1 Å². The van der Waals surface area contributed by atoms with Gasteiger partial charge in [-0.05, 0) is 31.4 Å². The number of aromatic nitrogens is 3. The lowest BCUT2D eigenvalue weighted by atomic mass is 10.1. The number of fused-ring (bicyclic) bond motifs is 1. The van der Waals surface area contributed by atoms with Gasteiger partial charge in [0.25, 0.3) is 0 Å². The Morgan fingerprint density at radius 3 is 2.87 bits per heavy atom. The smallest absolute Gasteiger partial charge is 0.126 e. The molecular formula is C17H19N5O. The summed E-state index contributed by atoms with van der Waals surface area (Å²) in [7, 11) is 0. The van der Waals surface area contributed by atoms with Gasteiger partial charge in [-0.2, -0.15) is 5.10 Å². The predicted octanol–water partition coefficient (Wildman–Crippen LogP) is 2.53. The Morgan fingerprint density at radius 1 is 1.22 bits per heavy atom. The van der Waals surface area contributed by atoms with Gasteiger partial charge in [0.2, 0.25) is 0 Å². The Morgan fingerprint density at radius 2 is 2.13 bits per heavy atom. The van der Waals surface area contributed by atoms with E-state index >= 15 is 0 Å². The maximum absolute atomic E-state index is 9.70. The largest absolute Gasteiger partial charge is 0.393 e. The van der Waals surface area contributed by atoms with Crippen molar-refractivity contribution in [3.05, 3.63) is 36.5 Å². The molecule has 0 bridgehead atoms. The molecule has 0 radical (unpaired) electrons. The molecule has 3 aromatic rings. The first-order valence-electron chi connectivity index (χ1n) is 7.83. The highest BCUT2D eigenvalue weighted by molar-refractivity contribution is 5.95. The van der Waals surface area contributed by atoms with Crippen molar-refractivity contribution < 1.29 is 5.11 Å². The fourth-order valence-electron chi connectivity index (χ4n) is 3.26. The molecule has 0 aliphatic heterocycles. The molecule has 5 N–H and O–H groups in total. The van der Waals surface area contributed by atoms with Crippen LogP contribution in [0.1, 0.15) is 19.3 Å². The Labute approximate surface area is 133 Å². The number of nitrogens with one attached hydrogen (secondary N) is 2. The molecule has 1 aliphatic rings. The summed E-state index contributed by atoms with van der Waals surface area (Å²) in [4.78, 5) is 4.45. The van der Waals surface area contributed by atoms with E-state index in [-0.39, 0.29) is 12.1 Å². The van der Waals surface area contributed by atoms with Crippen LogP contribution in [0.4, 0.5) is 11.5 Å². The number of rotatable bonds is 3. The number of anilines is 2. The predicted molar refractivity (Wildman–Crippen MR) is 91.0 cm³/mol. The van der Waals surface area contributed by atoms with Gasteiger partial charge < -0.3 is 16.2 Å². The van der Waals surface area contributed by atoms with Crippen molar-refractivity contribution in [2.45, 2.75) is 31.4 Å². The van der Waals surface area contributed by atoms with Crippen LogP contribution in [0.2, 0.25) is 0 Å². The van der Waals surface area contributed by atoms with Crippen LogP contribution in [0.25, 0.3) is 22.2 Å². The Hall–Kier alpha value is -2.60. The van der Waals surface area contributed by atoms with Crippen LogP contribution in [-0.2, 0) is 0 Å². The van der Waals surface area contributed by atoms with Crippen LogP contribution >= 0.6 is 0 Å². The van der Waals surface area contributed by atoms with Crippen LogP contribution in [-0.4, -0.2) is 32.4 Å².